The summed E-state index contributed by atoms with van der Waals surface area (Å²) in [5, 5.41) is 11.5. The Bertz CT molecular complexity index is 508. The summed E-state index contributed by atoms with van der Waals surface area (Å²) in [4.78, 5) is 22.8. The van der Waals surface area contributed by atoms with Crippen LogP contribution in [0.4, 0.5) is 9.18 Å². The lowest BCUT2D eigenvalue weighted by Crippen LogP contribution is -2.43. The van der Waals surface area contributed by atoms with Gasteiger partial charge in [0, 0.05) is 0 Å². The number of aryl methyl sites for hydroxylation is 1. The maximum Gasteiger partial charge on any atom is 0.408 e. The van der Waals surface area contributed by atoms with Gasteiger partial charge >= 0.3 is 12.1 Å². The molecule has 1 aromatic rings. The number of carbonyl (C=O) groups excluding carboxylic acids is 1. The highest BCUT2D eigenvalue weighted by Crippen LogP contribution is 2.10. The fraction of sp³-hybridized carbons (Fsp3) is 0.500. The van der Waals surface area contributed by atoms with Crippen molar-refractivity contribution in [1.29, 1.82) is 0 Å². The predicted octanol–water partition coefficient (Wildman–Crippen LogP) is 3.13. The molecule has 0 saturated carbocycles. The Morgan fingerprint density at radius 3 is 2.36 bits per heavy atom. The molecule has 0 aliphatic heterocycles. The third kappa shape index (κ3) is 7.06. The number of halogens is 1. The summed E-state index contributed by atoms with van der Waals surface area (Å²) in [6.45, 7) is 5.12. The molecule has 0 aliphatic rings. The molecular weight excluding hydrogens is 289 g/mol. The van der Waals surface area contributed by atoms with Crippen molar-refractivity contribution in [2.45, 2.75) is 51.7 Å². The molecule has 0 heterocycles. The summed E-state index contributed by atoms with van der Waals surface area (Å²) in [6, 6.07) is 5.04. The minimum atomic E-state index is -1.11. The molecule has 1 rings (SSSR count). The molecule has 22 heavy (non-hydrogen) atoms. The van der Waals surface area contributed by atoms with E-state index < -0.39 is 23.7 Å². The number of hydrogen-bond acceptors (Lipinski definition) is 3. The van der Waals surface area contributed by atoms with E-state index in [1.54, 1.807) is 32.9 Å². The van der Waals surface area contributed by atoms with Crippen LogP contribution < -0.4 is 5.32 Å². The first-order valence-electron chi connectivity index (χ1n) is 7.14. The van der Waals surface area contributed by atoms with Crippen molar-refractivity contribution in [1.82, 2.24) is 5.32 Å². The number of amides is 1. The lowest BCUT2D eigenvalue weighted by molar-refractivity contribution is -0.139. The number of carboxylic acids is 1. The number of ether oxygens (including phenoxy) is 1. The summed E-state index contributed by atoms with van der Waals surface area (Å²) in [5.41, 5.74) is 0.240. The Morgan fingerprint density at radius 1 is 1.27 bits per heavy atom. The fourth-order valence-electron chi connectivity index (χ4n) is 1.87. The molecule has 0 bridgehead atoms. The molecule has 0 aromatic heterocycles. The molecule has 2 N–H and O–H groups in total. The standard InChI is InChI=1S/C16H22FNO4/c1-16(2,3)22-15(21)18-13(14(19)20)6-4-5-11-7-9-12(17)10-8-11/h7-10,13H,4-6H2,1-3H3,(H,18,21)(H,19,20)/t13-/m0/s1. The monoisotopic (exact) mass is 311 g/mol. The summed E-state index contributed by atoms with van der Waals surface area (Å²) >= 11 is 0. The van der Waals surface area contributed by atoms with Gasteiger partial charge in [-0.2, -0.15) is 0 Å². The molecule has 0 saturated heterocycles. The Labute approximate surface area is 129 Å². The number of alkyl carbamates (subject to hydrolysis) is 1. The van der Waals surface area contributed by atoms with Gasteiger partial charge in [0.05, 0.1) is 0 Å². The largest absolute Gasteiger partial charge is 0.480 e. The summed E-state index contributed by atoms with van der Waals surface area (Å²) in [5.74, 6) is -1.41. The van der Waals surface area contributed by atoms with Crippen LogP contribution in [0, 0.1) is 5.82 Å². The molecule has 0 unspecified atom stereocenters. The number of rotatable bonds is 6. The minimum Gasteiger partial charge on any atom is -0.480 e. The van der Waals surface area contributed by atoms with Crippen LogP contribution in [0.15, 0.2) is 24.3 Å². The first kappa shape index (κ1) is 17.9. The second-order valence-corrected chi connectivity index (χ2v) is 6.06. The topological polar surface area (TPSA) is 75.6 Å². The number of carbonyl (C=O) groups is 2. The molecule has 122 valence electrons. The van der Waals surface area contributed by atoms with Gasteiger partial charge in [-0.15, -0.1) is 0 Å². The van der Waals surface area contributed by atoms with E-state index in [1.807, 2.05) is 0 Å². The molecule has 5 nitrogen and oxygen atoms in total. The Kier molecular flexibility index (Phi) is 6.34. The summed E-state index contributed by atoms with van der Waals surface area (Å²) in [7, 11) is 0. The molecule has 1 aromatic carbocycles. The normalized spacial score (nSPS) is 12.5. The van der Waals surface area contributed by atoms with E-state index in [-0.39, 0.29) is 12.2 Å². The number of benzene rings is 1. The highest BCUT2D eigenvalue weighted by molar-refractivity contribution is 5.79. The molecule has 1 atom stereocenters. The van der Waals surface area contributed by atoms with E-state index >= 15 is 0 Å². The highest BCUT2D eigenvalue weighted by Gasteiger charge is 2.23. The van der Waals surface area contributed by atoms with Crippen LogP contribution in [0.2, 0.25) is 0 Å². The van der Waals surface area contributed by atoms with Crippen molar-refractivity contribution >= 4 is 12.1 Å². The van der Waals surface area contributed by atoms with Crippen LogP contribution in [-0.4, -0.2) is 28.8 Å². The third-order valence-corrected chi connectivity index (χ3v) is 2.86. The van der Waals surface area contributed by atoms with E-state index in [9.17, 15) is 14.0 Å². The maximum absolute atomic E-state index is 12.8. The zero-order valence-corrected chi connectivity index (χ0v) is 13.1. The molecule has 0 spiro atoms. The lowest BCUT2D eigenvalue weighted by atomic mass is 10.0. The lowest BCUT2D eigenvalue weighted by Gasteiger charge is -2.22. The van der Waals surface area contributed by atoms with E-state index in [0.717, 1.165) is 5.56 Å². The van der Waals surface area contributed by atoms with Gasteiger partial charge in [-0.3, -0.25) is 0 Å². The number of hydrogen-bond donors (Lipinski definition) is 2. The van der Waals surface area contributed by atoms with Crippen molar-refractivity contribution in [2.75, 3.05) is 0 Å². The Hall–Kier alpha value is -2.11. The van der Waals surface area contributed by atoms with Crippen molar-refractivity contribution in [2.24, 2.45) is 0 Å². The third-order valence-electron chi connectivity index (χ3n) is 2.86. The Balaban J connectivity index is 2.46. The van der Waals surface area contributed by atoms with Gasteiger partial charge in [0.15, 0.2) is 0 Å². The van der Waals surface area contributed by atoms with Gasteiger partial charge in [0.2, 0.25) is 0 Å². The maximum atomic E-state index is 12.8. The van der Waals surface area contributed by atoms with Crippen molar-refractivity contribution in [3.05, 3.63) is 35.6 Å². The Morgan fingerprint density at radius 2 is 1.86 bits per heavy atom. The zero-order chi connectivity index (χ0) is 16.8. The first-order valence-corrected chi connectivity index (χ1v) is 7.14. The van der Waals surface area contributed by atoms with Crippen molar-refractivity contribution in [3.8, 4) is 0 Å². The molecule has 0 aliphatic carbocycles. The van der Waals surface area contributed by atoms with Gasteiger partial charge in [0.1, 0.15) is 17.5 Å². The molecular formula is C16H22FNO4. The summed E-state index contributed by atoms with van der Waals surface area (Å²) in [6.07, 6.45) is 0.686. The smallest absolute Gasteiger partial charge is 0.408 e. The second kappa shape index (κ2) is 7.77. The average molecular weight is 311 g/mol. The van der Waals surface area contributed by atoms with Gasteiger partial charge in [-0.1, -0.05) is 12.1 Å². The predicted molar refractivity (Wildman–Crippen MR) is 80.1 cm³/mol. The van der Waals surface area contributed by atoms with Crippen molar-refractivity contribution in [3.63, 3.8) is 0 Å². The van der Waals surface area contributed by atoms with Crippen LogP contribution in [-0.2, 0) is 16.0 Å². The van der Waals surface area contributed by atoms with Gasteiger partial charge < -0.3 is 15.2 Å². The quantitative estimate of drug-likeness (QED) is 0.846. The minimum absolute atomic E-state index is 0.270. The SMILES string of the molecule is CC(C)(C)OC(=O)N[C@@H](CCCc1ccc(F)cc1)C(=O)O. The summed E-state index contributed by atoms with van der Waals surface area (Å²) < 4.78 is 17.8. The number of aliphatic carboxylic acids is 1. The van der Waals surface area contributed by atoms with E-state index in [1.165, 1.54) is 12.1 Å². The van der Waals surface area contributed by atoms with E-state index in [0.29, 0.717) is 12.8 Å². The average Bonchev–Trinajstić information content (AvgIpc) is 2.37. The highest BCUT2D eigenvalue weighted by atomic mass is 19.1. The van der Waals surface area contributed by atoms with Gasteiger partial charge in [-0.05, 0) is 57.7 Å². The molecule has 0 fully saturated rings. The van der Waals surface area contributed by atoms with Crippen LogP contribution in [0.1, 0.15) is 39.2 Å². The van der Waals surface area contributed by atoms with E-state index in [2.05, 4.69) is 5.32 Å². The van der Waals surface area contributed by atoms with Gasteiger partial charge in [-0.25, -0.2) is 14.0 Å². The van der Waals surface area contributed by atoms with Crippen LogP contribution in [0.5, 0.6) is 0 Å². The molecule has 6 heteroatoms. The second-order valence-electron chi connectivity index (χ2n) is 6.06. The van der Waals surface area contributed by atoms with E-state index in [4.69, 9.17) is 9.84 Å². The van der Waals surface area contributed by atoms with Crippen LogP contribution >= 0.6 is 0 Å². The first-order chi connectivity index (χ1) is 10.2. The van der Waals surface area contributed by atoms with Crippen molar-refractivity contribution < 1.29 is 23.8 Å². The fourth-order valence-corrected chi connectivity index (χ4v) is 1.87. The molecule has 1 amide bonds. The van der Waals surface area contributed by atoms with Gasteiger partial charge in [0.25, 0.3) is 0 Å². The number of nitrogens with one attached hydrogen (secondary N) is 1. The van der Waals surface area contributed by atoms with Crippen LogP contribution in [0.25, 0.3) is 0 Å². The molecule has 0 radical (unpaired) electrons. The van der Waals surface area contributed by atoms with Crippen LogP contribution in [0.3, 0.4) is 0 Å². The number of carboxylic acid groups (broad SMARTS) is 1. The zero-order valence-electron chi connectivity index (χ0n) is 13.1.